The van der Waals surface area contributed by atoms with E-state index in [0.717, 1.165) is 18.7 Å². The first kappa shape index (κ1) is 11.2. The van der Waals surface area contributed by atoms with Gasteiger partial charge in [-0.2, -0.15) is 0 Å². The van der Waals surface area contributed by atoms with Gasteiger partial charge in [0.2, 0.25) is 0 Å². The minimum absolute atomic E-state index is 0.440. The number of nitrogens with zero attached hydrogens (tertiary/aromatic N) is 3. The molecule has 1 atom stereocenters. The van der Waals surface area contributed by atoms with E-state index in [1.807, 2.05) is 10.9 Å². The fraction of sp³-hybridized carbons (Fsp3) is 0.800. The smallest absolute Gasteiger partial charge is 0.0965 e. The molecule has 0 bridgehead atoms. The van der Waals surface area contributed by atoms with Gasteiger partial charge in [-0.1, -0.05) is 26.0 Å². The SMILES string of the molecule is CCC(C)n1cc(CNC(C)C)nn1. The monoisotopic (exact) mass is 196 g/mol. The highest BCUT2D eigenvalue weighted by atomic mass is 15.4. The van der Waals surface area contributed by atoms with Crippen LogP contribution in [0.1, 0.15) is 45.9 Å². The van der Waals surface area contributed by atoms with Crippen LogP contribution in [0, 0.1) is 0 Å². The van der Waals surface area contributed by atoms with Crippen LogP contribution in [0.15, 0.2) is 6.20 Å². The number of aromatic nitrogens is 3. The maximum Gasteiger partial charge on any atom is 0.0965 e. The predicted molar refractivity (Wildman–Crippen MR) is 57.0 cm³/mol. The van der Waals surface area contributed by atoms with Crippen molar-refractivity contribution in [3.05, 3.63) is 11.9 Å². The Labute approximate surface area is 85.7 Å². The molecule has 1 N–H and O–H groups in total. The highest BCUT2D eigenvalue weighted by molar-refractivity contribution is 4.92. The van der Waals surface area contributed by atoms with Gasteiger partial charge in [-0.3, -0.25) is 0 Å². The molecule has 1 aromatic rings. The molecule has 0 saturated carbocycles. The van der Waals surface area contributed by atoms with E-state index >= 15 is 0 Å². The van der Waals surface area contributed by atoms with Crippen molar-refractivity contribution >= 4 is 0 Å². The largest absolute Gasteiger partial charge is 0.309 e. The third-order valence-electron chi connectivity index (χ3n) is 2.29. The molecule has 0 saturated heterocycles. The van der Waals surface area contributed by atoms with Crippen LogP contribution in [0.3, 0.4) is 0 Å². The van der Waals surface area contributed by atoms with Crippen molar-refractivity contribution in [1.29, 1.82) is 0 Å². The van der Waals surface area contributed by atoms with Crippen molar-refractivity contribution in [1.82, 2.24) is 20.3 Å². The molecule has 0 aliphatic heterocycles. The Morgan fingerprint density at radius 3 is 2.71 bits per heavy atom. The summed E-state index contributed by atoms with van der Waals surface area (Å²) in [4.78, 5) is 0. The predicted octanol–water partition coefficient (Wildman–Crippen LogP) is 1.75. The summed E-state index contributed by atoms with van der Waals surface area (Å²) < 4.78 is 1.93. The standard InChI is InChI=1S/C10H20N4/c1-5-9(4)14-7-10(12-13-14)6-11-8(2)3/h7-9,11H,5-6H2,1-4H3. The Balaban J connectivity index is 2.50. The highest BCUT2D eigenvalue weighted by Gasteiger charge is 2.05. The van der Waals surface area contributed by atoms with Crippen molar-refractivity contribution < 1.29 is 0 Å². The topological polar surface area (TPSA) is 42.7 Å². The van der Waals surface area contributed by atoms with Gasteiger partial charge in [0.25, 0.3) is 0 Å². The molecule has 0 aromatic carbocycles. The van der Waals surface area contributed by atoms with Crippen molar-refractivity contribution in [2.24, 2.45) is 0 Å². The first-order valence-electron chi connectivity index (χ1n) is 5.27. The van der Waals surface area contributed by atoms with Crippen LogP contribution in [0.2, 0.25) is 0 Å². The zero-order valence-corrected chi connectivity index (χ0v) is 9.49. The van der Waals surface area contributed by atoms with E-state index in [9.17, 15) is 0 Å². The molecule has 0 spiro atoms. The van der Waals surface area contributed by atoms with Gasteiger partial charge < -0.3 is 5.32 Å². The first-order valence-corrected chi connectivity index (χ1v) is 5.27. The van der Waals surface area contributed by atoms with E-state index in [-0.39, 0.29) is 0 Å². The van der Waals surface area contributed by atoms with Crippen molar-refractivity contribution in [2.45, 2.75) is 52.7 Å². The van der Waals surface area contributed by atoms with Crippen LogP contribution in [0.25, 0.3) is 0 Å². The van der Waals surface area contributed by atoms with Gasteiger partial charge >= 0.3 is 0 Å². The van der Waals surface area contributed by atoms with E-state index in [0.29, 0.717) is 12.1 Å². The summed E-state index contributed by atoms with van der Waals surface area (Å²) >= 11 is 0. The lowest BCUT2D eigenvalue weighted by Crippen LogP contribution is -2.21. The Morgan fingerprint density at radius 1 is 1.43 bits per heavy atom. The van der Waals surface area contributed by atoms with Gasteiger partial charge in [0.05, 0.1) is 17.9 Å². The maximum atomic E-state index is 4.11. The maximum absolute atomic E-state index is 4.11. The lowest BCUT2D eigenvalue weighted by Gasteiger charge is -2.06. The molecular formula is C10H20N4. The lowest BCUT2D eigenvalue weighted by atomic mass is 10.3. The summed E-state index contributed by atoms with van der Waals surface area (Å²) in [5, 5.41) is 11.5. The third-order valence-corrected chi connectivity index (χ3v) is 2.29. The van der Waals surface area contributed by atoms with Crippen LogP contribution < -0.4 is 5.32 Å². The van der Waals surface area contributed by atoms with Crippen LogP contribution in [0.5, 0.6) is 0 Å². The van der Waals surface area contributed by atoms with Crippen molar-refractivity contribution in [2.75, 3.05) is 0 Å². The van der Waals surface area contributed by atoms with E-state index in [1.165, 1.54) is 0 Å². The van der Waals surface area contributed by atoms with Gasteiger partial charge in [-0.25, -0.2) is 4.68 Å². The number of hydrogen-bond acceptors (Lipinski definition) is 3. The van der Waals surface area contributed by atoms with Gasteiger partial charge in [-0.15, -0.1) is 5.10 Å². The average Bonchev–Trinajstić information content (AvgIpc) is 2.62. The van der Waals surface area contributed by atoms with Crippen LogP contribution >= 0.6 is 0 Å². The molecule has 1 heterocycles. The minimum atomic E-state index is 0.440. The van der Waals surface area contributed by atoms with E-state index in [2.05, 4.69) is 43.3 Å². The molecular weight excluding hydrogens is 176 g/mol. The van der Waals surface area contributed by atoms with Gasteiger partial charge in [0, 0.05) is 12.6 Å². The molecule has 0 aliphatic carbocycles. The normalized spacial score (nSPS) is 13.5. The second-order valence-corrected chi connectivity index (χ2v) is 3.98. The Morgan fingerprint density at radius 2 is 2.14 bits per heavy atom. The van der Waals surface area contributed by atoms with Crippen LogP contribution in [-0.2, 0) is 6.54 Å². The van der Waals surface area contributed by atoms with E-state index in [4.69, 9.17) is 0 Å². The number of rotatable bonds is 5. The van der Waals surface area contributed by atoms with Crippen LogP contribution in [-0.4, -0.2) is 21.0 Å². The van der Waals surface area contributed by atoms with Crippen molar-refractivity contribution in [3.63, 3.8) is 0 Å². The summed E-state index contributed by atoms with van der Waals surface area (Å²) in [5.74, 6) is 0. The Bertz CT molecular complexity index is 267. The average molecular weight is 196 g/mol. The zero-order valence-electron chi connectivity index (χ0n) is 9.49. The van der Waals surface area contributed by atoms with Crippen molar-refractivity contribution in [3.8, 4) is 0 Å². The van der Waals surface area contributed by atoms with Gasteiger partial charge in [-0.05, 0) is 13.3 Å². The lowest BCUT2D eigenvalue weighted by molar-refractivity contribution is 0.464. The second-order valence-electron chi connectivity index (χ2n) is 3.98. The molecule has 4 nitrogen and oxygen atoms in total. The molecule has 1 rings (SSSR count). The number of nitrogens with one attached hydrogen (secondary N) is 1. The second kappa shape index (κ2) is 5.10. The van der Waals surface area contributed by atoms with E-state index in [1.54, 1.807) is 0 Å². The molecule has 0 aliphatic rings. The molecule has 0 radical (unpaired) electrons. The number of hydrogen-bond donors (Lipinski definition) is 1. The molecule has 1 unspecified atom stereocenters. The fourth-order valence-corrected chi connectivity index (χ4v) is 1.11. The first-order chi connectivity index (χ1) is 6.63. The summed E-state index contributed by atoms with van der Waals surface area (Å²) in [5.41, 5.74) is 1.01. The summed E-state index contributed by atoms with van der Waals surface area (Å²) in [6.45, 7) is 9.35. The van der Waals surface area contributed by atoms with Gasteiger partial charge in [0.15, 0.2) is 0 Å². The zero-order chi connectivity index (χ0) is 10.6. The Kier molecular flexibility index (Phi) is 4.07. The molecule has 1 aromatic heterocycles. The fourth-order valence-electron chi connectivity index (χ4n) is 1.11. The third kappa shape index (κ3) is 3.10. The van der Waals surface area contributed by atoms with E-state index < -0.39 is 0 Å². The van der Waals surface area contributed by atoms with Crippen LogP contribution in [0.4, 0.5) is 0 Å². The summed E-state index contributed by atoms with van der Waals surface area (Å²) in [7, 11) is 0. The summed E-state index contributed by atoms with van der Waals surface area (Å²) in [6, 6.07) is 0.930. The molecule has 80 valence electrons. The summed E-state index contributed by atoms with van der Waals surface area (Å²) in [6.07, 6.45) is 3.10. The molecule has 4 heteroatoms. The van der Waals surface area contributed by atoms with Gasteiger partial charge in [0.1, 0.15) is 0 Å². The molecule has 0 fully saturated rings. The molecule has 0 amide bonds. The molecule has 14 heavy (non-hydrogen) atoms. The highest BCUT2D eigenvalue weighted by Crippen LogP contribution is 2.07. The minimum Gasteiger partial charge on any atom is -0.309 e. The quantitative estimate of drug-likeness (QED) is 0.780. The Hall–Kier alpha value is -0.900.